The van der Waals surface area contributed by atoms with Crippen molar-refractivity contribution in [1.82, 2.24) is 0 Å². The number of aliphatic hydroxyl groups is 1. The molecule has 0 aliphatic heterocycles. The summed E-state index contributed by atoms with van der Waals surface area (Å²) in [7, 11) is 0. The average Bonchev–Trinajstić information content (AvgIpc) is 2.05. The van der Waals surface area contributed by atoms with E-state index in [2.05, 4.69) is 13.3 Å². The zero-order valence-corrected chi connectivity index (χ0v) is 8.06. The molecule has 0 aliphatic rings. The SMILES string of the molecule is CCCC[CH]C(O)(CC)CC. The Morgan fingerprint density at radius 2 is 1.73 bits per heavy atom. The molecular formula is C10H21O. The summed E-state index contributed by atoms with van der Waals surface area (Å²) in [5.41, 5.74) is -0.491. The van der Waals surface area contributed by atoms with E-state index in [0.717, 1.165) is 19.3 Å². The molecule has 1 radical (unpaired) electrons. The third kappa shape index (κ3) is 4.41. The van der Waals surface area contributed by atoms with E-state index in [1.807, 2.05) is 13.8 Å². The normalized spacial score (nSPS) is 12.0. The second-order valence-electron chi connectivity index (χ2n) is 3.16. The summed E-state index contributed by atoms with van der Waals surface area (Å²) in [6.45, 7) is 6.24. The Morgan fingerprint density at radius 3 is 2.09 bits per heavy atom. The van der Waals surface area contributed by atoms with Gasteiger partial charge in [-0.05, 0) is 25.7 Å². The summed E-state index contributed by atoms with van der Waals surface area (Å²) in [6.07, 6.45) is 7.20. The van der Waals surface area contributed by atoms with Gasteiger partial charge in [0.05, 0.1) is 5.60 Å². The van der Waals surface area contributed by atoms with Crippen molar-refractivity contribution < 1.29 is 5.11 Å². The van der Waals surface area contributed by atoms with E-state index in [9.17, 15) is 5.11 Å². The Morgan fingerprint density at radius 1 is 1.18 bits per heavy atom. The molecule has 0 aromatic carbocycles. The maximum Gasteiger partial charge on any atom is 0.0674 e. The van der Waals surface area contributed by atoms with Crippen LogP contribution in [0.5, 0.6) is 0 Å². The molecule has 1 nitrogen and oxygen atoms in total. The minimum atomic E-state index is -0.491. The van der Waals surface area contributed by atoms with Crippen LogP contribution in [-0.4, -0.2) is 10.7 Å². The van der Waals surface area contributed by atoms with Crippen LogP contribution in [-0.2, 0) is 0 Å². The predicted octanol–water partition coefficient (Wildman–Crippen LogP) is 2.93. The molecule has 0 atom stereocenters. The number of unbranched alkanes of at least 4 members (excludes halogenated alkanes) is 2. The third-order valence-electron chi connectivity index (χ3n) is 2.31. The molecule has 0 amide bonds. The molecular weight excluding hydrogens is 136 g/mol. The lowest BCUT2D eigenvalue weighted by atomic mass is 9.91. The molecule has 0 aliphatic carbocycles. The van der Waals surface area contributed by atoms with Gasteiger partial charge in [-0.2, -0.15) is 0 Å². The first-order valence-corrected chi connectivity index (χ1v) is 4.75. The molecule has 0 spiro atoms. The molecule has 0 saturated heterocycles. The van der Waals surface area contributed by atoms with Crippen molar-refractivity contribution in [2.45, 2.75) is 58.5 Å². The van der Waals surface area contributed by atoms with Gasteiger partial charge in [0.25, 0.3) is 0 Å². The molecule has 0 aromatic rings. The van der Waals surface area contributed by atoms with E-state index in [4.69, 9.17) is 0 Å². The second-order valence-corrected chi connectivity index (χ2v) is 3.16. The van der Waals surface area contributed by atoms with Crippen molar-refractivity contribution in [3.8, 4) is 0 Å². The Bertz CT molecular complexity index is 84.9. The lowest BCUT2D eigenvalue weighted by molar-refractivity contribution is 0.0620. The molecule has 0 aromatic heterocycles. The molecule has 0 bridgehead atoms. The molecule has 1 N–H and O–H groups in total. The minimum absolute atomic E-state index is 0.491. The highest BCUT2D eigenvalue weighted by Crippen LogP contribution is 2.20. The molecule has 11 heavy (non-hydrogen) atoms. The van der Waals surface area contributed by atoms with Crippen molar-refractivity contribution in [3.63, 3.8) is 0 Å². The zero-order valence-electron chi connectivity index (χ0n) is 8.06. The molecule has 67 valence electrons. The maximum atomic E-state index is 9.80. The van der Waals surface area contributed by atoms with Crippen LogP contribution in [0.25, 0.3) is 0 Å². The van der Waals surface area contributed by atoms with Crippen LogP contribution in [0.15, 0.2) is 0 Å². The van der Waals surface area contributed by atoms with Gasteiger partial charge < -0.3 is 5.11 Å². The maximum absolute atomic E-state index is 9.80. The molecule has 0 heterocycles. The Labute approximate surface area is 70.8 Å². The van der Waals surface area contributed by atoms with Crippen molar-refractivity contribution >= 4 is 0 Å². The van der Waals surface area contributed by atoms with Gasteiger partial charge in [0.1, 0.15) is 0 Å². The fraction of sp³-hybridized carbons (Fsp3) is 0.900. The van der Waals surface area contributed by atoms with Gasteiger partial charge in [-0.1, -0.05) is 33.6 Å². The number of hydrogen-bond acceptors (Lipinski definition) is 1. The Hall–Kier alpha value is -0.0400. The summed E-state index contributed by atoms with van der Waals surface area (Å²) < 4.78 is 0. The first kappa shape index (κ1) is 11.0. The number of rotatable bonds is 6. The van der Waals surface area contributed by atoms with Crippen LogP contribution in [0.1, 0.15) is 52.9 Å². The van der Waals surface area contributed by atoms with E-state index in [1.54, 1.807) is 0 Å². The summed E-state index contributed by atoms with van der Waals surface area (Å²) in [6, 6.07) is 0. The molecule has 1 heteroatoms. The lowest BCUT2D eigenvalue weighted by Crippen LogP contribution is -2.26. The molecule has 0 unspecified atom stereocenters. The average molecular weight is 157 g/mol. The largest absolute Gasteiger partial charge is 0.390 e. The fourth-order valence-electron chi connectivity index (χ4n) is 1.11. The summed E-state index contributed by atoms with van der Waals surface area (Å²) in [5.74, 6) is 0. The topological polar surface area (TPSA) is 20.2 Å². The van der Waals surface area contributed by atoms with Crippen molar-refractivity contribution in [2.24, 2.45) is 0 Å². The zero-order chi connectivity index (χ0) is 8.74. The highest BCUT2D eigenvalue weighted by atomic mass is 16.3. The summed E-state index contributed by atoms with van der Waals surface area (Å²) in [5, 5.41) is 9.80. The summed E-state index contributed by atoms with van der Waals surface area (Å²) in [4.78, 5) is 0. The van der Waals surface area contributed by atoms with Gasteiger partial charge in [-0.15, -0.1) is 0 Å². The van der Waals surface area contributed by atoms with Crippen LogP contribution in [0, 0.1) is 6.42 Å². The molecule has 0 saturated carbocycles. The van der Waals surface area contributed by atoms with Crippen LogP contribution >= 0.6 is 0 Å². The monoisotopic (exact) mass is 157 g/mol. The second kappa shape index (κ2) is 5.59. The van der Waals surface area contributed by atoms with E-state index < -0.39 is 5.60 Å². The first-order valence-electron chi connectivity index (χ1n) is 4.75. The smallest absolute Gasteiger partial charge is 0.0674 e. The van der Waals surface area contributed by atoms with Crippen LogP contribution in [0.3, 0.4) is 0 Å². The van der Waals surface area contributed by atoms with E-state index >= 15 is 0 Å². The fourth-order valence-corrected chi connectivity index (χ4v) is 1.11. The van der Waals surface area contributed by atoms with Gasteiger partial charge in [0, 0.05) is 0 Å². The van der Waals surface area contributed by atoms with Crippen LogP contribution < -0.4 is 0 Å². The third-order valence-corrected chi connectivity index (χ3v) is 2.31. The Kier molecular flexibility index (Phi) is 5.57. The molecule has 0 fully saturated rings. The van der Waals surface area contributed by atoms with E-state index in [1.165, 1.54) is 12.8 Å². The van der Waals surface area contributed by atoms with Crippen molar-refractivity contribution in [1.29, 1.82) is 0 Å². The van der Waals surface area contributed by atoms with E-state index in [-0.39, 0.29) is 0 Å². The molecule has 0 rings (SSSR count). The van der Waals surface area contributed by atoms with Crippen molar-refractivity contribution in [2.75, 3.05) is 0 Å². The standard InChI is InChI=1S/C10H21O/c1-4-7-8-9-10(11,5-2)6-3/h9,11H,4-8H2,1-3H3. The van der Waals surface area contributed by atoms with Gasteiger partial charge in [0.2, 0.25) is 0 Å². The predicted molar refractivity (Wildman–Crippen MR) is 49.4 cm³/mol. The van der Waals surface area contributed by atoms with Gasteiger partial charge >= 0.3 is 0 Å². The quantitative estimate of drug-likeness (QED) is 0.588. The van der Waals surface area contributed by atoms with Crippen LogP contribution in [0.2, 0.25) is 0 Å². The summed E-state index contributed by atoms with van der Waals surface area (Å²) >= 11 is 0. The van der Waals surface area contributed by atoms with Gasteiger partial charge in [-0.3, -0.25) is 0 Å². The Balaban J connectivity index is 3.51. The van der Waals surface area contributed by atoms with E-state index in [0.29, 0.717) is 0 Å². The minimum Gasteiger partial charge on any atom is -0.390 e. The lowest BCUT2D eigenvalue weighted by Gasteiger charge is -2.24. The van der Waals surface area contributed by atoms with Gasteiger partial charge in [-0.25, -0.2) is 0 Å². The van der Waals surface area contributed by atoms with Crippen LogP contribution in [0.4, 0.5) is 0 Å². The van der Waals surface area contributed by atoms with Crippen molar-refractivity contribution in [3.05, 3.63) is 6.42 Å². The number of hydrogen-bond donors (Lipinski definition) is 1. The highest BCUT2D eigenvalue weighted by molar-refractivity contribution is 4.90. The highest BCUT2D eigenvalue weighted by Gasteiger charge is 2.20. The first-order chi connectivity index (χ1) is 5.18. The van der Waals surface area contributed by atoms with Gasteiger partial charge in [0.15, 0.2) is 0 Å².